The number of carbonyl (C=O) groups is 1. The van der Waals surface area contributed by atoms with Gasteiger partial charge in [-0.1, -0.05) is 36.8 Å². The average Bonchev–Trinajstić information content (AvgIpc) is 2.67. The molecule has 4 heteroatoms. The molecule has 2 aromatic carbocycles. The van der Waals surface area contributed by atoms with Gasteiger partial charge in [0.05, 0.1) is 6.04 Å². The second kappa shape index (κ2) is 9.14. The van der Waals surface area contributed by atoms with E-state index in [9.17, 15) is 9.18 Å². The van der Waals surface area contributed by atoms with E-state index in [1.165, 1.54) is 36.3 Å². The van der Waals surface area contributed by atoms with Crippen LogP contribution in [0.1, 0.15) is 48.8 Å². The molecule has 1 fully saturated rings. The van der Waals surface area contributed by atoms with Gasteiger partial charge in [-0.2, -0.15) is 0 Å². The van der Waals surface area contributed by atoms with E-state index < -0.39 is 0 Å². The molecule has 1 unspecified atom stereocenters. The molecule has 1 amide bonds. The number of benzene rings is 2. The van der Waals surface area contributed by atoms with E-state index in [0.717, 1.165) is 41.8 Å². The second-order valence-corrected chi connectivity index (χ2v) is 7.79. The third-order valence-corrected chi connectivity index (χ3v) is 5.66. The van der Waals surface area contributed by atoms with Gasteiger partial charge >= 0.3 is 0 Å². The number of aryl methyl sites for hydroxylation is 2. The van der Waals surface area contributed by atoms with Crippen molar-refractivity contribution in [2.45, 2.75) is 58.5 Å². The van der Waals surface area contributed by atoms with Gasteiger partial charge in [0.2, 0.25) is 0 Å². The fraction of sp³-hybridized carbons (Fsp3) is 0.435. The van der Waals surface area contributed by atoms with Gasteiger partial charge in [0.15, 0.2) is 6.54 Å². The van der Waals surface area contributed by atoms with Gasteiger partial charge in [-0.05, 0) is 62.8 Å². The van der Waals surface area contributed by atoms with Gasteiger partial charge in [-0.3, -0.25) is 4.79 Å². The van der Waals surface area contributed by atoms with Crippen LogP contribution in [0.2, 0.25) is 0 Å². The van der Waals surface area contributed by atoms with Crippen LogP contribution in [0.5, 0.6) is 0 Å². The first-order valence-electron chi connectivity index (χ1n) is 9.98. The maximum atomic E-state index is 13.2. The third kappa shape index (κ3) is 5.39. The number of para-hydroxylation sites is 1. The minimum atomic E-state index is -0.217. The molecule has 3 nitrogen and oxygen atoms in total. The average molecular weight is 370 g/mol. The topological polar surface area (TPSA) is 33.5 Å². The SMILES string of the molecule is Cc1cccc(C)c1NC(=O)C[NH+](Cc1ccc(F)cc1)C1CCCCC1. The number of rotatable bonds is 6. The van der Waals surface area contributed by atoms with Crippen molar-refractivity contribution in [3.63, 3.8) is 0 Å². The van der Waals surface area contributed by atoms with Gasteiger partial charge < -0.3 is 10.2 Å². The first kappa shape index (κ1) is 19.6. The molecule has 27 heavy (non-hydrogen) atoms. The fourth-order valence-corrected chi connectivity index (χ4v) is 4.13. The number of hydrogen-bond acceptors (Lipinski definition) is 1. The molecule has 0 aromatic heterocycles. The Kier molecular flexibility index (Phi) is 6.62. The molecule has 0 radical (unpaired) electrons. The number of anilines is 1. The molecule has 0 spiro atoms. The van der Waals surface area contributed by atoms with Crippen LogP contribution < -0.4 is 10.2 Å². The molecular formula is C23H30FN2O+. The quantitative estimate of drug-likeness (QED) is 0.798. The van der Waals surface area contributed by atoms with E-state index in [-0.39, 0.29) is 11.7 Å². The predicted molar refractivity (Wildman–Crippen MR) is 107 cm³/mol. The van der Waals surface area contributed by atoms with Crippen molar-refractivity contribution < 1.29 is 14.1 Å². The maximum absolute atomic E-state index is 13.2. The Bertz CT molecular complexity index is 746. The summed E-state index contributed by atoms with van der Waals surface area (Å²) in [6.07, 6.45) is 6.07. The highest BCUT2D eigenvalue weighted by Gasteiger charge is 2.27. The highest BCUT2D eigenvalue weighted by atomic mass is 19.1. The Hall–Kier alpha value is -2.20. The van der Waals surface area contributed by atoms with Crippen LogP contribution in [0.4, 0.5) is 10.1 Å². The highest BCUT2D eigenvalue weighted by molar-refractivity contribution is 5.93. The minimum absolute atomic E-state index is 0.0510. The molecule has 3 rings (SSSR count). The molecule has 0 saturated heterocycles. The fourth-order valence-electron chi connectivity index (χ4n) is 4.13. The monoisotopic (exact) mass is 369 g/mol. The summed E-state index contributed by atoms with van der Waals surface area (Å²) in [6, 6.07) is 13.2. The minimum Gasteiger partial charge on any atom is -0.321 e. The molecular weight excluding hydrogens is 339 g/mol. The van der Waals surface area contributed by atoms with Crippen LogP contribution in [0.3, 0.4) is 0 Å². The molecule has 1 aliphatic carbocycles. The smallest absolute Gasteiger partial charge is 0.279 e. The summed E-state index contributed by atoms with van der Waals surface area (Å²) in [5.74, 6) is -0.166. The van der Waals surface area contributed by atoms with E-state index in [2.05, 4.69) is 5.32 Å². The van der Waals surface area contributed by atoms with Crippen molar-refractivity contribution in [3.8, 4) is 0 Å². The lowest BCUT2D eigenvalue weighted by molar-refractivity contribution is -0.932. The molecule has 2 N–H and O–H groups in total. The summed E-state index contributed by atoms with van der Waals surface area (Å²) in [5.41, 5.74) is 4.17. The summed E-state index contributed by atoms with van der Waals surface area (Å²) in [4.78, 5) is 14.1. The largest absolute Gasteiger partial charge is 0.321 e. The number of hydrogen-bond donors (Lipinski definition) is 2. The Balaban J connectivity index is 1.71. The summed E-state index contributed by atoms with van der Waals surface area (Å²) in [7, 11) is 0. The van der Waals surface area contributed by atoms with Crippen LogP contribution >= 0.6 is 0 Å². The molecule has 144 valence electrons. The lowest BCUT2D eigenvalue weighted by Crippen LogP contribution is -3.15. The molecule has 0 aliphatic heterocycles. The van der Waals surface area contributed by atoms with Gasteiger partial charge in [0.25, 0.3) is 5.91 Å². The van der Waals surface area contributed by atoms with Gasteiger partial charge in [0.1, 0.15) is 12.4 Å². The van der Waals surface area contributed by atoms with Crippen molar-refractivity contribution in [2.24, 2.45) is 0 Å². The second-order valence-electron chi connectivity index (χ2n) is 7.79. The zero-order chi connectivity index (χ0) is 19.2. The molecule has 1 atom stereocenters. The zero-order valence-corrected chi connectivity index (χ0v) is 16.4. The summed E-state index contributed by atoms with van der Waals surface area (Å²) in [6.45, 7) is 5.24. The predicted octanol–water partition coefficient (Wildman–Crippen LogP) is 3.80. The number of nitrogens with one attached hydrogen (secondary N) is 2. The van der Waals surface area contributed by atoms with Crippen LogP contribution in [0, 0.1) is 19.7 Å². The van der Waals surface area contributed by atoms with Crippen LogP contribution in [0.15, 0.2) is 42.5 Å². The molecule has 0 heterocycles. The first-order chi connectivity index (χ1) is 13.0. The van der Waals surface area contributed by atoms with Gasteiger partial charge in [-0.25, -0.2) is 4.39 Å². The van der Waals surface area contributed by atoms with Crippen molar-refractivity contribution in [3.05, 3.63) is 65.0 Å². The Labute approximate surface area is 161 Å². The van der Waals surface area contributed by atoms with Crippen molar-refractivity contribution in [2.75, 3.05) is 11.9 Å². The molecule has 1 aliphatic rings. The number of carbonyl (C=O) groups excluding carboxylic acids is 1. The Morgan fingerprint density at radius 3 is 2.30 bits per heavy atom. The lowest BCUT2D eigenvalue weighted by atomic mass is 9.93. The van der Waals surface area contributed by atoms with E-state index in [4.69, 9.17) is 0 Å². The van der Waals surface area contributed by atoms with E-state index in [1.807, 2.05) is 44.2 Å². The normalized spacial score (nSPS) is 16.1. The number of quaternary nitrogens is 1. The van der Waals surface area contributed by atoms with Crippen LogP contribution in [-0.2, 0) is 11.3 Å². The van der Waals surface area contributed by atoms with Crippen molar-refractivity contribution >= 4 is 11.6 Å². The first-order valence-corrected chi connectivity index (χ1v) is 9.98. The Morgan fingerprint density at radius 2 is 1.67 bits per heavy atom. The standard InChI is InChI=1S/C23H29FN2O/c1-17-7-6-8-18(2)23(17)25-22(27)16-26(21-9-4-3-5-10-21)15-19-11-13-20(24)14-12-19/h6-8,11-14,21H,3-5,9-10,15-16H2,1-2H3,(H,25,27)/p+1. The van der Waals surface area contributed by atoms with Crippen LogP contribution in [0.25, 0.3) is 0 Å². The highest BCUT2D eigenvalue weighted by Crippen LogP contribution is 2.19. The van der Waals surface area contributed by atoms with E-state index >= 15 is 0 Å². The Morgan fingerprint density at radius 1 is 1.04 bits per heavy atom. The van der Waals surface area contributed by atoms with Crippen LogP contribution in [-0.4, -0.2) is 18.5 Å². The molecule has 0 bridgehead atoms. The molecule has 2 aromatic rings. The summed E-state index contributed by atoms with van der Waals surface area (Å²) >= 11 is 0. The van der Waals surface area contributed by atoms with E-state index in [1.54, 1.807) is 0 Å². The zero-order valence-electron chi connectivity index (χ0n) is 16.4. The number of amides is 1. The van der Waals surface area contributed by atoms with Gasteiger partial charge in [-0.15, -0.1) is 0 Å². The third-order valence-electron chi connectivity index (χ3n) is 5.66. The lowest BCUT2D eigenvalue weighted by Gasteiger charge is -2.31. The number of halogens is 1. The van der Waals surface area contributed by atoms with E-state index in [0.29, 0.717) is 12.6 Å². The van der Waals surface area contributed by atoms with Crippen molar-refractivity contribution in [1.29, 1.82) is 0 Å². The summed E-state index contributed by atoms with van der Waals surface area (Å²) < 4.78 is 13.2. The van der Waals surface area contributed by atoms with Crippen molar-refractivity contribution in [1.82, 2.24) is 0 Å². The molecule has 1 saturated carbocycles. The summed E-state index contributed by atoms with van der Waals surface area (Å²) in [5, 5.41) is 3.12. The van der Waals surface area contributed by atoms with Gasteiger partial charge in [0, 0.05) is 11.3 Å². The maximum Gasteiger partial charge on any atom is 0.279 e.